The second-order valence-electron chi connectivity index (χ2n) is 7.76. The molecule has 0 fully saturated rings. The molecule has 4 rings (SSSR count). The van der Waals surface area contributed by atoms with Crippen molar-refractivity contribution in [1.82, 2.24) is 9.88 Å². The van der Waals surface area contributed by atoms with Crippen molar-refractivity contribution in [1.29, 1.82) is 0 Å². The second-order valence-corrected chi connectivity index (χ2v) is 9.65. The van der Waals surface area contributed by atoms with E-state index in [1.54, 1.807) is 23.1 Å². The topological polar surface area (TPSA) is 36.4 Å². The number of thioether (sulfide) groups is 1. The minimum absolute atomic E-state index is 0.00841. The summed E-state index contributed by atoms with van der Waals surface area (Å²) in [5.41, 5.74) is 3.86. The largest absolute Gasteiger partial charge is 0.302 e. The number of benzene rings is 3. The quantitative estimate of drug-likeness (QED) is 0.253. The molecule has 0 bridgehead atoms. The van der Waals surface area contributed by atoms with E-state index in [1.165, 1.54) is 4.90 Å². The van der Waals surface area contributed by atoms with Crippen LogP contribution in [0, 0.1) is 0 Å². The number of carbonyl (C=O) groups excluding carboxylic acids is 1. The summed E-state index contributed by atoms with van der Waals surface area (Å²) >= 11 is 3.30. The van der Waals surface area contributed by atoms with Crippen molar-refractivity contribution in [2.75, 3.05) is 37.3 Å². The summed E-state index contributed by atoms with van der Waals surface area (Å²) in [5.74, 6) is -0.00841. The molecule has 33 heavy (non-hydrogen) atoms. The van der Waals surface area contributed by atoms with Gasteiger partial charge >= 0.3 is 0 Å². The van der Waals surface area contributed by atoms with Gasteiger partial charge in [0, 0.05) is 23.5 Å². The highest BCUT2D eigenvalue weighted by molar-refractivity contribution is 7.98. The summed E-state index contributed by atoms with van der Waals surface area (Å²) in [6.45, 7) is 7.64. The predicted molar refractivity (Wildman–Crippen MR) is 143 cm³/mol. The molecule has 1 amide bonds. The summed E-state index contributed by atoms with van der Waals surface area (Å²) < 4.78 is 1.11. The maximum Gasteiger partial charge on any atom is 0.260 e. The van der Waals surface area contributed by atoms with E-state index in [-0.39, 0.29) is 5.91 Å². The van der Waals surface area contributed by atoms with E-state index >= 15 is 0 Å². The Morgan fingerprint density at radius 3 is 2.27 bits per heavy atom. The molecule has 6 heteroatoms. The van der Waals surface area contributed by atoms with E-state index in [1.807, 2.05) is 53.4 Å². The molecule has 1 aromatic heterocycles. The molecular formula is C27H29N3OS2. The lowest BCUT2D eigenvalue weighted by Gasteiger charge is -2.24. The minimum Gasteiger partial charge on any atom is -0.302 e. The maximum atomic E-state index is 13.7. The molecule has 4 nitrogen and oxygen atoms in total. The van der Waals surface area contributed by atoms with Crippen LogP contribution in [0.25, 0.3) is 21.3 Å². The molecule has 3 aromatic carbocycles. The number of hydrogen-bond donors (Lipinski definition) is 0. The lowest BCUT2D eigenvalue weighted by Crippen LogP contribution is -2.38. The summed E-state index contributed by atoms with van der Waals surface area (Å²) in [4.78, 5) is 23.9. The van der Waals surface area contributed by atoms with Gasteiger partial charge in [-0.1, -0.05) is 67.6 Å². The number of likely N-dealkylation sites (N-methyl/N-ethyl adjacent to an activating group) is 1. The Balaban J connectivity index is 1.64. The Labute approximate surface area is 204 Å². The number of nitrogens with zero attached hydrogens (tertiary/aromatic N) is 3. The molecule has 0 aliphatic carbocycles. The van der Waals surface area contributed by atoms with Gasteiger partial charge in [0.05, 0.1) is 10.2 Å². The zero-order chi connectivity index (χ0) is 23.2. The van der Waals surface area contributed by atoms with Crippen LogP contribution in [0.5, 0.6) is 0 Å². The van der Waals surface area contributed by atoms with Crippen LogP contribution in [0.2, 0.25) is 0 Å². The molecule has 1 heterocycles. The minimum atomic E-state index is -0.00841. The van der Waals surface area contributed by atoms with Gasteiger partial charge in [-0.25, -0.2) is 4.98 Å². The van der Waals surface area contributed by atoms with E-state index in [0.29, 0.717) is 12.1 Å². The van der Waals surface area contributed by atoms with Gasteiger partial charge in [0.25, 0.3) is 5.91 Å². The number of anilines is 1. The van der Waals surface area contributed by atoms with Gasteiger partial charge in [0.1, 0.15) is 0 Å². The fourth-order valence-electron chi connectivity index (χ4n) is 3.79. The predicted octanol–water partition coefficient (Wildman–Crippen LogP) is 6.67. The third-order valence-corrected chi connectivity index (χ3v) is 7.60. The lowest BCUT2D eigenvalue weighted by molar-refractivity contribution is 0.0984. The van der Waals surface area contributed by atoms with Crippen molar-refractivity contribution in [2.45, 2.75) is 18.7 Å². The van der Waals surface area contributed by atoms with E-state index in [4.69, 9.17) is 4.98 Å². The van der Waals surface area contributed by atoms with Gasteiger partial charge in [-0.15, -0.1) is 11.8 Å². The molecule has 0 aliphatic rings. The van der Waals surface area contributed by atoms with Gasteiger partial charge in [0.2, 0.25) is 0 Å². The highest BCUT2D eigenvalue weighted by Crippen LogP contribution is 2.32. The van der Waals surface area contributed by atoms with Gasteiger partial charge in [-0.3, -0.25) is 9.69 Å². The third-order valence-electron chi connectivity index (χ3n) is 5.83. The van der Waals surface area contributed by atoms with Crippen LogP contribution in [0.1, 0.15) is 24.2 Å². The number of carbonyl (C=O) groups is 1. The number of aromatic nitrogens is 1. The van der Waals surface area contributed by atoms with Crippen LogP contribution in [0.4, 0.5) is 5.13 Å². The van der Waals surface area contributed by atoms with Gasteiger partial charge in [-0.2, -0.15) is 0 Å². The van der Waals surface area contributed by atoms with Crippen molar-refractivity contribution >= 4 is 44.4 Å². The molecule has 0 aliphatic heterocycles. The second kappa shape index (κ2) is 11.0. The van der Waals surface area contributed by atoms with E-state index in [9.17, 15) is 4.79 Å². The summed E-state index contributed by atoms with van der Waals surface area (Å²) in [7, 11) is 0. The monoisotopic (exact) mass is 475 g/mol. The lowest BCUT2D eigenvalue weighted by atomic mass is 10.0. The van der Waals surface area contributed by atoms with Crippen LogP contribution < -0.4 is 4.90 Å². The highest BCUT2D eigenvalue weighted by atomic mass is 32.2. The molecule has 4 aromatic rings. The summed E-state index contributed by atoms with van der Waals surface area (Å²) in [5, 5.41) is 0.757. The molecule has 0 spiro atoms. The number of thiazole rings is 1. The van der Waals surface area contributed by atoms with Gasteiger partial charge in [-0.05, 0) is 60.8 Å². The molecule has 0 saturated heterocycles. The van der Waals surface area contributed by atoms with Crippen molar-refractivity contribution in [3.8, 4) is 11.1 Å². The fourth-order valence-corrected chi connectivity index (χ4v) is 5.34. The molecule has 0 unspecified atom stereocenters. The van der Waals surface area contributed by atoms with Crippen molar-refractivity contribution in [3.63, 3.8) is 0 Å². The molecule has 0 saturated carbocycles. The van der Waals surface area contributed by atoms with Crippen molar-refractivity contribution < 1.29 is 4.79 Å². The van der Waals surface area contributed by atoms with Crippen LogP contribution in [-0.2, 0) is 0 Å². The first kappa shape index (κ1) is 23.5. The summed E-state index contributed by atoms with van der Waals surface area (Å²) in [6.07, 6.45) is 2.07. The maximum absolute atomic E-state index is 13.7. The van der Waals surface area contributed by atoms with Crippen LogP contribution in [0.3, 0.4) is 0 Å². The number of fused-ring (bicyclic) bond motifs is 1. The van der Waals surface area contributed by atoms with Crippen LogP contribution in [-0.4, -0.2) is 48.2 Å². The highest BCUT2D eigenvalue weighted by Gasteiger charge is 2.22. The number of hydrogen-bond acceptors (Lipinski definition) is 5. The first-order valence-corrected chi connectivity index (χ1v) is 13.3. The average Bonchev–Trinajstić information content (AvgIpc) is 3.30. The smallest absolute Gasteiger partial charge is 0.260 e. The molecule has 0 N–H and O–H groups in total. The van der Waals surface area contributed by atoms with Crippen molar-refractivity contribution in [3.05, 3.63) is 78.4 Å². The number of rotatable bonds is 9. The molecule has 0 atom stereocenters. The fraction of sp³-hybridized carbons (Fsp3) is 0.259. The Hall–Kier alpha value is -2.67. The Kier molecular flexibility index (Phi) is 7.81. The SMILES string of the molecule is CCN(CC)CCN(C(=O)c1ccc(-c2ccccc2)cc1)c1nc2ccc(SC)cc2s1. The average molecular weight is 476 g/mol. The van der Waals surface area contributed by atoms with Gasteiger partial charge in [0.15, 0.2) is 5.13 Å². The molecular weight excluding hydrogens is 446 g/mol. The molecule has 0 radical (unpaired) electrons. The third kappa shape index (κ3) is 5.46. The normalized spacial score (nSPS) is 11.3. The van der Waals surface area contributed by atoms with Crippen LogP contribution >= 0.6 is 23.1 Å². The van der Waals surface area contributed by atoms with Crippen molar-refractivity contribution in [2.24, 2.45) is 0 Å². The Bertz CT molecular complexity index is 1200. The van der Waals surface area contributed by atoms with E-state index in [2.05, 4.69) is 49.3 Å². The first-order chi connectivity index (χ1) is 16.1. The first-order valence-electron chi connectivity index (χ1n) is 11.3. The Morgan fingerprint density at radius 1 is 0.909 bits per heavy atom. The Morgan fingerprint density at radius 2 is 1.61 bits per heavy atom. The van der Waals surface area contributed by atoms with Crippen LogP contribution in [0.15, 0.2) is 77.7 Å². The van der Waals surface area contributed by atoms with E-state index in [0.717, 1.165) is 46.1 Å². The molecule has 170 valence electrons. The zero-order valence-electron chi connectivity index (χ0n) is 19.3. The van der Waals surface area contributed by atoms with Gasteiger partial charge < -0.3 is 4.90 Å². The standard InChI is InChI=1S/C27H29N3OS2/c1-4-29(5-2)17-18-30(27-28-24-16-15-23(32-3)19-25(24)33-27)26(31)22-13-11-21(12-14-22)20-9-7-6-8-10-20/h6-16,19H,4-5,17-18H2,1-3H3. The summed E-state index contributed by atoms with van der Waals surface area (Å²) in [6, 6.07) is 24.4. The zero-order valence-corrected chi connectivity index (χ0v) is 21.0. The van der Waals surface area contributed by atoms with E-state index < -0.39 is 0 Å². The number of amides is 1.